The average molecular weight is 1050 g/mol. The third-order valence-corrected chi connectivity index (χ3v) is 10.8. The van der Waals surface area contributed by atoms with Crippen molar-refractivity contribution in [1.29, 1.82) is 0 Å². The second kappa shape index (κ2) is 50.0. The van der Waals surface area contributed by atoms with Gasteiger partial charge in [-0.2, -0.15) is 0 Å². The number of carbonyl (C=O) groups is 4. The fourth-order valence-electron chi connectivity index (χ4n) is 7.20. The van der Waals surface area contributed by atoms with Gasteiger partial charge in [-0.05, 0) is 109 Å². The molecule has 4 N–H and O–H groups in total. The molecule has 5 rings (SSSR count). The number of allylic oxidation sites excluding steroid dienone is 1. The van der Waals surface area contributed by atoms with Gasteiger partial charge in [-0.1, -0.05) is 91.0 Å². The second-order valence-electron chi connectivity index (χ2n) is 16.4. The molecule has 75 heavy (non-hydrogen) atoms. The van der Waals surface area contributed by atoms with Crippen molar-refractivity contribution in [3.63, 3.8) is 0 Å². The van der Waals surface area contributed by atoms with Gasteiger partial charge in [0.1, 0.15) is 11.9 Å². The largest absolute Gasteiger partial charge is 0.450 e. The number of hydrogen-bond donors (Lipinski definition) is 4. The van der Waals surface area contributed by atoms with E-state index < -0.39 is 12.1 Å². The summed E-state index contributed by atoms with van der Waals surface area (Å²) in [6.07, 6.45) is 24.6. The number of nitrogens with zero attached hydrogens (tertiary/aromatic N) is 4. The molecular weight excluding hydrogens is 949 g/mol. The molecule has 2 saturated heterocycles. The van der Waals surface area contributed by atoms with Crippen molar-refractivity contribution in [2.75, 3.05) is 80.5 Å². The van der Waals surface area contributed by atoms with Gasteiger partial charge in [0, 0.05) is 96.6 Å². The fraction of sp³-hybridized carbons (Fsp3) is 0.593. The van der Waals surface area contributed by atoms with Crippen molar-refractivity contribution in [3.05, 3.63) is 63.7 Å². The quantitative estimate of drug-likeness (QED) is 0.0642. The van der Waals surface area contributed by atoms with Crippen LogP contribution in [0, 0.1) is 36.5 Å². The van der Waals surface area contributed by atoms with E-state index in [-0.39, 0.29) is 17.7 Å². The summed E-state index contributed by atoms with van der Waals surface area (Å²) in [4.78, 5) is 60.0. The summed E-state index contributed by atoms with van der Waals surface area (Å²) in [5.41, 5.74) is 4.71. The van der Waals surface area contributed by atoms with Gasteiger partial charge < -0.3 is 49.7 Å². The maximum atomic E-state index is 12.5. The number of fused-ring (bicyclic) bond motifs is 1. The molecule has 0 spiro atoms. The van der Waals surface area contributed by atoms with Crippen LogP contribution in [0.5, 0.6) is 0 Å². The van der Waals surface area contributed by atoms with Gasteiger partial charge in [0.25, 0.3) is 0 Å². The third-order valence-electron chi connectivity index (χ3n) is 10.8. The maximum Gasteiger partial charge on any atom is 0.407 e. The predicted octanol–water partition coefficient (Wildman–Crippen LogP) is 8.34. The lowest BCUT2D eigenvalue weighted by molar-refractivity contribution is -0.134. The average Bonchev–Trinajstić information content (AvgIpc) is 3.60. The minimum absolute atomic E-state index is 0.0493. The molecule has 2 atom stereocenters. The molecule has 16 heteroatoms. The second-order valence-corrected chi connectivity index (χ2v) is 16.4. The van der Waals surface area contributed by atoms with Gasteiger partial charge in [0.05, 0.1) is 29.5 Å². The van der Waals surface area contributed by atoms with Crippen LogP contribution >= 0.6 is 0 Å². The van der Waals surface area contributed by atoms with Gasteiger partial charge in [-0.25, -0.2) is 9.78 Å². The number of aromatic nitrogens is 2. The van der Waals surface area contributed by atoms with Crippen LogP contribution in [0.15, 0.2) is 35.5 Å². The normalized spacial score (nSPS) is 14.5. The van der Waals surface area contributed by atoms with E-state index in [9.17, 15) is 19.2 Å². The van der Waals surface area contributed by atoms with Gasteiger partial charge in [-0.3, -0.25) is 19.4 Å². The molecule has 2 aromatic rings. The molecule has 1 aliphatic carbocycles. The van der Waals surface area contributed by atoms with Crippen LogP contribution in [0.2, 0.25) is 0 Å². The Morgan fingerprint density at radius 1 is 0.987 bits per heavy atom. The number of amides is 4. The number of ether oxygens (including phenoxy) is 4. The standard InChI is InChI=1S/C28H33N5O.C14H26N2O4.C6H12O.C3H7NO.C2H6O.2C2H6.C2H2/c1-6-15-30-20(4)28(29-5)24-13-11-21(16-23(24)7-2)9-10-22-12-14-25-26(17-22)32-27(31-25)18-33(8-3)19-34;1-4-8-16(3)13(17)12(15-14(18)20-5-2)11-6-9-19-10-7-11;1-2-4-6-7-5-3-1;1-2-4-3-5;1-3-2;3*1-2/h7,11,13-14,16-17,19,22,30H,2,5-6,8,12,15,18H2,1,3-4H3,(H,31,32);11-12H,4-10H2,1-3H3,(H,15,18);1-6H2;3H,2H2,1H3,(H,4,5);1-2H3;2*1-2H3;1-2H/b28-20-;;;;;;;. The summed E-state index contributed by atoms with van der Waals surface area (Å²) in [6.45, 7) is 34.5. The Labute approximate surface area is 453 Å². The number of imidazole rings is 1. The van der Waals surface area contributed by atoms with Gasteiger partial charge in [-0.15, -0.1) is 12.8 Å². The van der Waals surface area contributed by atoms with Crippen molar-refractivity contribution >= 4 is 55.5 Å². The summed E-state index contributed by atoms with van der Waals surface area (Å²) >= 11 is 0. The lowest BCUT2D eigenvalue weighted by Gasteiger charge is -2.32. The summed E-state index contributed by atoms with van der Waals surface area (Å²) in [5.74, 6) is 7.62. The Morgan fingerprint density at radius 2 is 1.61 bits per heavy atom. The lowest BCUT2D eigenvalue weighted by Crippen LogP contribution is -2.52. The first-order valence-corrected chi connectivity index (χ1v) is 26.9. The number of terminal acetylenes is 1. The lowest BCUT2D eigenvalue weighted by atomic mass is 9.91. The molecule has 422 valence electrons. The first-order valence-electron chi connectivity index (χ1n) is 26.9. The van der Waals surface area contributed by atoms with E-state index in [1.165, 1.54) is 25.7 Å². The number of methoxy groups -OCH3 is 1. The zero-order valence-corrected chi connectivity index (χ0v) is 48.4. The number of likely N-dealkylation sites (N-methyl/N-ethyl adjacent to an activating group) is 1. The number of H-pyrrole nitrogens is 1. The highest BCUT2D eigenvalue weighted by Gasteiger charge is 2.33. The van der Waals surface area contributed by atoms with Crippen LogP contribution < -0.4 is 26.6 Å². The minimum Gasteiger partial charge on any atom is -0.450 e. The van der Waals surface area contributed by atoms with E-state index in [1.807, 2.05) is 79.7 Å². The minimum atomic E-state index is -0.526. The van der Waals surface area contributed by atoms with Crippen LogP contribution in [0.4, 0.5) is 4.79 Å². The van der Waals surface area contributed by atoms with Crippen molar-refractivity contribution < 1.29 is 38.1 Å². The summed E-state index contributed by atoms with van der Waals surface area (Å²) in [5, 5.41) is 10.4. The molecular formula is C59H98N8O8. The van der Waals surface area contributed by atoms with Gasteiger partial charge in [0.15, 0.2) is 0 Å². The van der Waals surface area contributed by atoms with Crippen LogP contribution in [0.25, 0.3) is 23.9 Å². The number of benzene rings is 1. The summed E-state index contributed by atoms with van der Waals surface area (Å²) in [6, 6.07) is 5.57. The molecule has 1 aromatic carbocycles. The van der Waals surface area contributed by atoms with Crippen LogP contribution in [0.1, 0.15) is 150 Å². The highest BCUT2D eigenvalue weighted by atomic mass is 16.5. The Balaban J connectivity index is -0.00000106. The summed E-state index contributed by atoms with van der Waals surface area (Å²) < 4.78 is 19.7. The number of aromatic amines is 1. The first-order chi connectivity index (χ1) is 36.4. The van der Waals surface area contributed by atoms with E-state index in [4.69, 9.17) is 14.2 Å². The monoisotopic (exact) mass is 1050 g/mol. The molecule has 16 nitrogen and oxygen atoms in total. The molecule has 0 saturated carbocycles. The molecule has 2 unspecified atom stereocenters. The molecule has 2 aliphatic heterocycles. The van der Waals surface area contributed by atoms with Gasteiger partial charge >= 0.3 is 6.09 Å². The molecule has 2 fully saturated rings. The molecule has 4 amide bonds. The number of aliphatic imine (C=N–C) groups is 1. The highest BCUT2D eigenvalue weighted by Crippen LogP contribution is 2.25. The zero-order chi connectivity index (χ0) is 57.2. The molecule has 1 aromatic heterocycles. The van der Waals surface area contributed by atoms with Crippen molar-refractivity contribution in [2.45, 2.75) is 140 Å². The topological polar surface area (TPSA) is 189 Å². The Morgan fingerprint density at radius 3 is 2.12 bits per heavy atom. The van der Waals surface area contributed by atoms with E-state index in [0.717, 1.165) is 109 Å². The molecule has 3 aliphatic rings. The predicted molar refractivity (Wildman–Crippen MR) is 311 cm³/mol. The van der Waals surface area contributed by atoms with E-state index >= 15 is 0 Å². The van der Waals surface area contributed by atoms with E-state index in [0.29, 0.717) is 45.9 Å². The zero-order valence-electron chi connectivity index (χ0n) is 48.4. The smallest absolute Gasteiger partial charge is 0.407 e. The Hall–Kier alpha value is -6.20. The Kier molecular flexibility index (Phi) is 48.7. The van der Waals surface area contributed by atoms with Crippen LogP contribution in [-0.4, -0.2) is 138 Å². The van der Waals surface area contributed by atoms with E-state index in [2.05, 4.69) is 92.7 Å². The number of nitrogens with one attached hydrogen (secondary N) is 4. The van der Waals surface area contributed by atoms with Crippen molar-refractivity contribution in [2.24, 2.45) is 16.8 Å². The van der Waals surface area contributed by atoms with Gasteiger partial charge in [0.2, 0.25) is 18.7 Å². The van der Waals surface area contributed by atoms with Crippen LogP contribution in [0.3, 0.4) is 0 Å². The third kappa shape index (κ3) is 32.0. The molecule has 3 heterocycles. The highest BCUT2D eigenvalue weighted by molar-refractivity contribution is 5.86. The summed E-state index contributed by atoms with van der Waals surface area (Å²) in [7, 11) is 5.02. The van der Waals surface area contributed by atoms with E-state index in [1.54, 1.807) is 38.0 Å². The fourth-order valence-corrected chi connectivity index (χ4v) is 7.20. The van der Waals surface area contributed by atoms with Crippen LogP contribution in [-0.2, 0) is 39.9 Å². The maximum absolute atomic E-state index is 12.5. The Bertz CT molecular complexity index is 2060. The number of carbonyl (C=O) groups excluding carboxylic acids is 4. The van der Waals surface area contributed by atoms with Crippen molar-refractivity contribution in [3.8, 4) is 24.7 Å². The number of alkyl carbamates (subject to hydrolysis) is 1. The molecule has 0 bridgehead atoms. The first kappa shape index (κ1) is 73.0. The SMILES string of the molecule is C#C.C1CCCOCC1.C=Cc1cc(C#CC2C=c3[nH]c(CN(C=O)CC)nc3=CC2)ccc1/C(N=C)=C(\C)NCCC.CC.CC.CCCN(C)C(=O)C(NC(=O)OCC)C1CCOCC1.CCNC=O.COC. The van der Waals surface area contributed by atoms with Crippen molar-refractivity contribution in [1.82, 2.24) is 35.7 Å². The number of rotatable bonds is 18. The molecule has 0 radical (unpaired) electrons. The number of hydrogen-bond acceptors (Lipinski definition) is 11.